The summed E-state index contributed by atoms with van der Waals surface area (Å²) in [6, 6.07) is 3.97. The summed E-state index contributed by atoms with van der Waals surface area (Å²) in [7, 11) is 0. The van der Waals surface area contributed by atoms with E-state index < -0.39 is 17.3 Å². The number of thiophene rings is 1. The highest BCUT2D eigenvalue weighted by molar-refractivity contribution is 7.17. The first-order valence-corrected chi connectivity index (χ1v) is 9.94. The number of fused-ring (bicyclic) bond motifs is 1. The number of amides is 1. The van der Waals surface area contributed by atoms with Crippen LogP contribution >= 0.6 is 11.3 Å². The fourth-order valence-electron chi connectivity index (χ4n) is 3.50. The summed E-state index contributed by atoms with van der Waals surface area (Å²) < 4.78 is 40.9. The van der Waals surface area contributed by atoms with Gasteiger partial charge in [-0.15, -0.1) is 16.4 Å². The maximum Gasteiger partial charge on any atom is 0.416 e. The molecule has 3 heterocycles. The van der Waals surface area contributed by atoms with Gasteiger partial charge in [-0.25, -0.2) is 4.68 Å². The van der Waals surface area contributed by atoms with Gasteiger partial charge in [0.1, 0.15) is 6.54 Å². The zero-order valence-electron chi connectivity index (χ0n) is 15.5. The van der Waals surface area contributed by atoms with Crippen LogP contribution in [-0.2, 0) is 17.5 Å². The zero-order chi connectivity index (χ0) is 20.8. The second-order valence-electron chi connectivity index (χ2n) is 7.00. The molecular weight excluding hydrogens is 405 g/mol. The van der Waals surface area contributed by atoms with Crippen molar-refractivity contribution >= 4 is 27.5 Å². The second-order valence-corrected chi connectivity index (χ2v) is 7.86. The number of halogens is 3. The largest absolute Gasteiger partial charge is 0.416 e. The van der Waals surface area contributed by atoms with Gasteiger partial charge in [0.15, 0.2) is 4.83 Å². The fraction of sp³-hybridized carbons (Fsp3) is 0.368. The van der Waals surface area contributed by atoms with Crippen LogP contribution in [0.2, 0.25) is 0 Å². The molecule has 1 saturated heterocycles. The molecule has 152 valence electrons. The highest BCUT2D eigenvalue weighted by atomic mass is 32.1. The minimum absolute atomic E-state index is 0.106. The Morgan fingerprint density at radius 2 is 1.97 bits per heavy atom. The van der Waals surface area contributed by atoms with Crippen LogP contribution in [0.1, 0.15) is 24.0 Å². The second kappa shape index (κ2) is 7.25. The number of rotatable bonds is 3. The number of aryl methyl sites for hydroxylation is 1. The Morgan fingerprint density at radius 3 is 2.66 bits per heavy atom. The van der Waals surface area contributed by atoms with Crippen LogP contribution in [0.4, 0.5) is 13.2 Å². The lowest BCUT2D eigenvalue weighted by molar-refractivity contribution is -0.138. The van der Waals surface area contributed by atoms with Crippen molar-refractivity contribution in [3.05, 3.63) is 45.1 Å². The van der Waals surface area contributed by atoms with E-state index in [0.29, 0.717) is 23.5 Å². The maximum atomic E-state index is 13.3. The van der Waals surface area contributed by atoms with Gasteiger partial charge in [-0.05, 0) is 37.0 Å². The van der Waals surface area contributed by atoms with Crippen LogP contribution in [0.25, 0.3) is 21.3 Å². The highest BCUT2D eigenvalue weighted by Crippen LogP contribution is 2.37. The monoisotopic (exact) mass is 422 g/mol. The molecule has 0 atom stereocenters. The van der Waals surface area contributed by atoms with Gasteiger partial charge < -0.3 is 4.90 Å². The van der Waals surface area contributed by atoms with E-state index in [1.807, 2.05) is 0 Å². The van der Waals surface area contributed by atoms with E-state index in [-0.39, 0.29) is 29.0 Å². The Kier molecular flexibility index (Phi) is 4.89. The van der Waals surface area contributed by atoms with Gasteiger partial charge in [-0.3, -0.25) is 9.59 Å². The number of aromatic nitrogens is 3. The lowest BCUT2D eigenvalue weighted by Gasteiger charge is -2.15. The van der Waals surface area contributed by atoms with E-state index in [4.69, 9.17) is 0 Å². The summed E-state index contributed by atoms with van der Waals surface area (Å²) in [6.45, 7) is 2.45. The minimum atomic E-state index is -4.49. The lowest BCUT2D eigenvalue weighted by atomic mass is 10.00. The molecule has 6 nitrogen and oxygen atoms in total. The molecule has 0 unspecified atom stereocenters. The van der Waals surface area contributed by atoms with Crippen molar-refractivity contribution in [3.63, 3.8) is 0 Å². The van der Waals surface area contributed by atoms with Crippen molar-refractivity contribution in [3.8, 4) is 11.1 Å². The average molecular weight is 422 g/mol. The van der Waals surface area contributed by atoms with Crippen molar-refractivity contribution in [2.75, 3.05) is 13.1 Å². The molecule has 4 rings (SSSR count). The topological polar surface area (TPSA) is 68.1 Å². The first-order valence-electron chi connectivity index (χ1n) is 9.06. The van der Waals surface area contributed by atoms with Crippen LogP contribution in [0, 0.1) is 6.92 Å². The smallest absolute Gasteiger partial charge is 0.341 e. The molecule has 1 amide bonds. The van der Waals surface area contributed by atoms with Crippen LogP contribution in [0.3, 0.4) is 0 Å². The number of benzene rings is 1. The van der Waals surface area contributed by atoms with Crippen molar-refractivity contribution in [2.45, 2.75) is 32.5 Å². The number of hydrogen-bond donors (Lipinski definition) is 0. The van der Waals surface area contributed by atoms with Crippen molar-refractivity contribution in [1.82, 2.24) is 19.9 Å². The molecule has 29 heavy (non-hydrogen) atoms. The normalized spacial score (nSPS) is 14.7. The van der Waals surface area contributed by atoms with E-state index in [0.717, 1.165) is 34.9 Å². The van der Waals surface area contributed by atoms with Gasteiger partial charge in [0, 0.05) is 24.0 Å². The molecule has 3 aromatic rings. The lowest BCUT2D eigenvalue weighted by Crippen LogP contribution is -2.36. The van der Waals surface area contributed by atoms with E-state index in [2.05, 4.69) is 10.3 Å². The SMILES string of the molecule is Cc1ccc(-c2csc3nnn(CC(=O)N4CCCC4)c(=O)c23)cc1C(F)(F)F. The molecule has 1 fully saturated rings. The summed E-state index contributed by atoms with van der Waals surface area (Å²) >= 11 is 1.13. The molecular formula is C19H17F3N4O2S. The predicted molar refractivity (Wildman–Crippen MR) is 103 cm³/mol. The van der Waals surface area contributed by atoms with Gasteiger partial charge in [0.25, 0.3) is 5.56 Å². The molecule has 0 aliphatic carbocycles. The summed E-state index contributed by atoms with van der Waals surface area (Å²) in [6.07, 6.45) is -2.64. The van der Waals surface area contributed by atoms with E-state index in [1.165, 1.54) is 13.0 Å². The Hall–Kier alpha value is -2.75. The summed E-state index contributed by atoms with van der Waals surface area (Å²) in [4.78, 5) is 27.3. The van der Waals surface area contributed by atoms with Crippen molar-refractivity contribution in [2.24, 2.45) is 0 Å². The van der Waals surface area contributed by atoms with E-state index in [9.17, 15) is 22.8 Å². The summed E-state index contributed by atoms with van der Waals surface area (Å²) in [5.41, 5.74) is -0.544. The molecule has 0 bridgehead atoms. The van der Waals surface area contributed by atoms with Gasteiger partial charge in [-0.1, -0.05) is 17.3 Å². The number of carbonyl (C=O) groups excluding carboxylic acids is 1. The highest BCUT2D eigenvalue weighted by Gasteiger charge is 2.33. The maximum absolute atomic E-state index is 13.3. The molecule has 0 N–H and O–H groups in total. The Labute approximate surface area is 167 Å². The predicted octanol–water partition coefficient (Wildman–Crippen LogP) is 3.47. The molecule has 2 aromatic heterocycles. The minimum Gasteiger partial charge on any atom is -0.341 e. The summed E-state index contributed by atoms with van der Waals surface area (Å²) in [5.74, 6) is -0.218. The third-order valence-electron chi connectivity index (χ3n) is 5.06. The van der Waals surface area contributed by atoms with E-state index >= 15 is 0 Å². The van der Waals surface area contributed by atoms with Gasteiger partial charge >= 0.3 is 6.18 Å². The third-order valence-corrected chi connectivity index (χ3v) is 5.92. The Bertz CT molecular complexity index is 1150. The third kappa shape index (κ3) is 3.64. The average Bonchev–Trinajstić information content (AvgIpc) is 3.33. The number of hydrogen-bond acceptors (Lipinski definition) is 5. The first-order chi connectivity index (χ1) is 13.8. The van der Waals surface area contributed by atoms with Crippen LogP contribution in [0.15, 0.2) is 28.4 Å². The molecule has 0 radical (unpaired) electrons. The molecule has 1 aliphatic rings. The molecule has 1 aliphatic heterocycles. The Morgan fingerprint density at radius 1 is 1.24 bits per heavy atom. The molecule has 1 aromatic carbocycles. The standard InChI is InChI=1S/C19H17F3N4O2S/c1-11-4-5-12(8-14(11)19(20,21)22)13-10-29-17-16(13)18(28)26(24-23-17)9-15(27)25-6-2-3-7-25/h4-5,8,10H,2-3,6-7,9H2,1H3. The van der Waals surface area contributed by atoms with Crippen LogP contribution in [-0.4, -0.2) is 38.9 Å². The molecule has 0 spiro atoms. The van der Waals surface area contributed by atoms with Gasteiger partial charge in [0.05, 0.1) is 10.9 Å². The quantitative estimate of drug-likeness (QED) is 0.648. The molecule has 0 saturated carbocycles. The zero-order valence-corrected chi connectivity index (χ0v) is 16.3. The van der Waals surface area contributed by atoms with E-state index in [1.54, 1.807) is 16.3 Å². The number of alkyl halides is 3. The Balaban J connectivity index is 1.77. The van der Waals surface area contributed by atoms with Gasteiger partial charge in [0.2, 0.25) is 5.91 Å². The van der Waals surface area contributed by atoms with Gasteiger partial charge in [-0.2, -0.15) is 13.2 Å². The number of likely N-dealkylation sites (tertiary alicyclic amines) is 1. The first kappa shape index (κ1) is 19.6. The van der Waals surface area contributed by atoms with Crippen molar-refractivity contribution in [1.29, 1.82) is 0 Å². The number of nitrogens with zero attached hydrogens (tertiary/aromatic N) is 4. The fourth-order valence-corrected chi connectivity index (χ4v) is 4.38. The van der Waals surface area contributed by atoms with Crippen LogP contribution in [0.5, 0.6) is 0 Å². The van der Waals surface area contributed by atoms with Crippen molar-refractivity contribution < 1.29 is 18.0 Å². The number of carbonyl (C=O) groups is 1. The van der Waals surface area contributed by atoms with Crippen LogP contribution < -0.4 is 5.56 Å². The molecule has 10 heteroatoms. The summed E-state index contributed by atoms with van der Waals surface area (Å²) in [5, 5.41) is 9.60.